The lowest BCUT2D eigenvalue weighted by atomic mass is 9.99. The quantitative estimate of drug-likeness (QED) is 0.807. The van der Waals surface area contributed by atoms with E-state index in [1.54, 1.807) is 0 Å². The molecule has 0 aliphatic rings. The van der Waals surface area contributed by atoms with Gasteiger partial charge in [0.05, 0.1) is 12.7 Å². The molecule has 0 N–H and O–H groups in total. The van der Waals surface area contributed by atoms with E-state index in [1.807, 2.05) is 6.07 Å². The van der Waals surface area contributed by atoms with E-state index in [2.05, 4.69) is 0 Å². The molecule has 0 spiro atoms. The second-order valence-electron chi connectivity index (χ2n) is 3.95. The monoisotopic (exact) mass is 273 g/mol. The van der Waals surface area contributed by atoms with Crippen LogP contribution in [0.3, 0.4) is 0 Å². The van der Waals surface area contributed by atoms with Gasteiger partial charge in [0, 0.05) is 5.56 Å². The minimum absolute atomic E-state index is 0.0164. The molecule has 3 nitrogen and oxygen atoms in total. The molecule has 0 heterocycles. The predicted molar refractivity (Wildman–Crippen MR) is 67.5 cm³/mol. The van der Waals surface area contributed by atoms with Crippen LogP contribution in [0.15, 0.2) is 36.4 Å². The largest absolute Gasteiger partial charge is 0.494 e. The van der Waals surface area contributed by atoms with Crippen molar-refractivity contribution in [1.29, 1.82) is 5.26 Å². The molecule has 0 aromatic heterocycles. The van der Waals surface area contributed by atoms with Gasteiger partial charge in [-0.25, -0.2) is 8.78 Å². The number of hydrogen-bond donors (Lipinski definition) is 0. The molecular weight excluding hydrogens is 264 g/mol. The van der Waals surface area contributed by atoms with Crippen LogP contribution < -0.4 is 4.74 Å². The number of nitrogens with zero attached hydrogens (tertiary/aromatic N) is 1. The Balaban J connectivity index is 2.63. The van der Waals surface area contributed by atoms with Gasteiger partial charge in [0.15, 0.2) is 11.5 Å². The summed E-state index contributed by atoms with van der Waals surface area (Å²) in [5.74, 6) is -2.32. The molecule has 0 atom stereocenters. The minimum atomic E-state index is -0.824. The predicted octanol–water partition coefficient (Wildman–Crippen LogP) is 3.08. The van der Waals surface area contributed by atoms with E-state index in [0.29, 0.717) is 0 Å². The van der Waals surface area contributed by atoms with Crippen LogP contribution in [0.4, 0.5) is 8.78 Å². The van der Waals surface area contributed by atoms with E-state index in [0.717, 1.165) is 12.1 Å². The Morgan fingerprint density at radius 2 is 2.00 bits per heavy atom. The number of ketones is 1. The van der Waals surface area contributed by atoms with Gasteiger partial charge in [-0.2, -0.15) is 5.26 Å². The van der Waals surface area contributed by atoms with Gasteiger partial charge in [-0.3, -0.25) is 4.79 Å². The summed E-state index contributed by atoms with van der Waals surface area (Å²) >= 11 is 0. The third-order valence-electron chi connectivity index (χ3n) is 2.75. The number of methoxy groups -OCH3 is 1. The van der Waals surface area contributed by atoms with Crippen LogP contribution in [0, 0.1) is 23.0 Å². The number of halogens is 2. The maximum Gasteiger partial charge on any atom is 0.199 e. The molecule has 0 bridgehead atoms. The highest BCUT2D eigenvalue weighted by Crippen LogP contribution is 2.28. The first-order chi connectivity index (χ1) is 9.58. The number of rotatable bonds is 3. The van der Waals surface area contributed by atoms with E-state index < -0.39 is 17.4 Å². The summed E-state index contributed by atoms with van der Waals surface area (Å²) in [5, 5.41) is 8.94. The number of ether oxygens (including phenoxy) is 1. The second-order valence-corrected chi connectivity index (χ2v) is 3.95. The van der Waals surface area contributed by atoms with Crippen LogP contribution in [0.2, 0.25) is 0 Å². The van der Waals surface area contributed by atoms with Crippen LogP contribution in [-0.2, 0) is 0 Å². The fraction of sp³-hybridized carbons (Fsp3) is 0.0667. The Bertz CT molecular complexity index is 720. The Hall–Kier alpha value is -2.74. The van der Waals surface area contributed by atoms with Gasteiger partial charge in [-0.05, 0) is 24.3 Å². The topological polar surface area (TPSA) is 50.1 Å². The average molecular weight is 273 g/mol. The van der Waals surface area contributed by atoms with E-state index in [4.69, 9.17) is 10.00 Å². The van der Waals surface area contributed by atoms with E-state index in [1.165, 1.54) is 31.4 Å². The van der Waals surface area contributed by atoms with Crippen molar-refractivity contribution in [2.45, 2.75) is 0 Å². The molecule has 20 heavy (non-hydrogen) atoms. The van der Waals surface area contributed by atoms with Gasteiger partial charge in [-0.1, -0.05) is 12.1 Å². The fourth-order valence-electron chi connectivity index (χ4n) is 1.84. The van der Waals surface area contributed by atoms with Crippen molar-refractivity contribution in [1.82, 2.24) is 0 Å². The van der Waals surface area contributed by atoms with Gasteiger partial charge in [0.25, 0.3) is 0 Å². The average Bonchev–Trinajstić information content (AvgIpc) is 2.46. The zero-order chi connectivity index (χ0) is 14.7. The SMILES string of the molecule is COc1c(C#N)ccc(F)c1C(=O)c1cccc(F)c1. The summed E-state index contributed by atoms with van der Waals surface area (Å²) in [6.07, 6.45) is 0. The standard InChI is InChI=1S/C15H9F2NO2/c1-20-15-10(8-18)5-6-12(17)13(15)14(19)9-3-2-4-11(16)7-9/h2-7H,1H3. The highest BCUT2D eigenvalue weighted by Gasteiger charge is 2.22. The molecule has 0 saturated carbocycles. The molecule has 0 amide bonds. The van der Waals surface area contributed by atoms with Crippen LogP contribution in [0.1, 0.15) is 21.5 Å². The van der Waals surface area contributed by atoms with Crippen molar-refractivity contribution in [2.24, 2.45) is 0 Å². The molecule has 5 heteroatoms. The number of carbonyl (C=O) groups is 1. The maximum absolute atomic E-state index is 13.9. The maximum atomic E-state index is 13.9. The summed E-state index contributed by atoms with van der Waals surface area (Å²) < 4.78 is 32.0. The van der Waals surface area contributed by atoms with Crippen molar-refractivity contribution in [2.75, 3.05) is 7.11 Å². The zero-order valence-corrected chi connectivity index (χ0v) is 10.5. The summed E-state index contributed by atoms with van der Waals surface area (Å²) in [5.41, 5.74) is -0.358. The van der Waals surface area contributed by atoms with Crippen molar-refractivity contribution < 1.29 is 18.3 Å². The zero-order valence-electron chi connectivity index (χ0n) is 10.5. The summed E-state index contributed by atoms with van der Waals surface area (Å²) in [7, 11) is 1.23. The van der Waals surface area contributed by atoms with Crippen molar-refractivity contribution in [3.8, 4) is 11.8 Å². The first-order valence-corrected chi connectivity index (χ1v) is 5.65. The lowest BCUT2D eigenvalue weighted by Gasteiger charge is -2.10. The van der Waals surface area contributed by atoms with E-state index in [9.17, 15) is 13.6 Å². The van der Waals surface area contributed by atoms with Crippen molar-refractivity contribution in [3.63, 3.8) is 0 Å². The van der Waals surface area contributed by atoms with E-state index >= 15 is 0 Å². The van der Waals surface area contributed by atoms with Gasteiger partial charge >= 0.3 is 0 Å². The lowest BCUT2D eigenvalue weighted by Crippen LogP contribution is -2.08. The summed E-state index contributed by atoms with van der Waals surface area (Å²) in [6.45, 7) is 0. The molecule has 0 saturated heterocycles. The molecule has 0 aliphatic heterocycles. The Morgan fingerprint density at radius 3 is 2.60 bits per heavy atom. The fourth-order valence-corrected chi connectivity index (χ4v) is 1.84. The van der Waals surface area contributed by atoms with Gasteiger partial charge in [0.1, 0.15) is 23.3 Å². The molecule has 0 radical (unpaired) electrons. The molecule has 2 rings (SSSR count). The molecule has 2 aromatic carbocycles. The molecule has 100 valence electrons. The number of benzene rings is 2. The van der Waals surface area contributed by atoms with Gasteiger partial charge in [0.2, 0.25) is 0 Å². The smallest absolute Gasteiger partial charge is 0.199 e. The third-order valence-corrected chi connectivity index (χ3v) is 2.75. The van der Waals surface area contributed by atoms with Crippen LogP contribution in [0.5, 0.6) is 5.75 Å². The number of hydrogen-bond acceptors (Lipinski definition) is 3. The Kier molecular flexibility index (Phi) is 3.76. The van der Waals surface area contributed by atoms with Crippen molar-refractivity contribution >= 4 is 5.78 Å². The minimum Gasteiger partial charge on any atom is -0.494 e. The Morgan fingerprint density at radius 1 is 1.25 bits per heavy atom. The molecule has 0 unspecified atom stereocenters. The van der Waals surface area contributed by atoms with Crippen LogP contribution in [0.25, 0.3) is 0 Å². The third kappa shape index (κ3) is 2.36. The van der Waals surface area contributed by atoms with Crippen molar-refractivity contribution in [3.05, 3.63) is 64.7 Å². The highest BCUT2D eigenvalue weighted by molar-refractivity contribution is 6.11. The molecule has 2 aromatic rings. The molecule has 0 fully saturated rings. The molecular formula is C15H9F2NO2. The summed E-state index contributed by atoms with van der Waals surface area (Å²) in [6, 6.07) is 8.93. The highest BCUT2D eigenvalue weighted by atomic mass is 19.1. The van der Waals surface area contributed by atoms with Gasteiger partial charge in [-0.15, -0.1) is 0 Å². The first kappa shape index (κ1) is 13.7. The Labute approximate surface area is 114 Å². The van der Waals surface area contributed by atoms with Crippen LogP contribution in [-0.4, -0.2) is 12.9 Å². The normalized spacial score (nSPS) is 9.90. The van der Waals surface area contributed by atoms with Gasteiger partial charge < -0.3 is 4.74 Å². The van der Waals surface area contributed by atoms with E-state index in [-0.39, 0.29) is 22.4 Å². The summed E-state index contributed by atoms with van der Waals surface area (Å²) in [4.78, 5) is 12.3. The number of nitriles is 1. The lowest BCUT2D eigenvalue weighted by molar-refractivity contribution is 0.103. The van der Waals surface area contributed by atoms with Crippen LogP contribution >= 0.6 is 0 Å². The second kappa shape index (κ2) is 5.49. The molecule has 0 aliphatic carbocycles. The first-order valence-electron chi connectivity index (χ1n) is 5.65. The number of carbonyl (C=O) groups excluding carboxylic acids is 1.